The molecule has 0 aliphatic carbocycles. The predicted octanol–water partition coefficient (Wildman–Crippen LogP) is 3.32. The summed E-state index contributed by atoms with van der Waals surface area (Å²) in [5.41, 5.74) is 4.07. The van der Waals surface area contributed by atoms with Gasteiger partial charge >= 0.3 is 0 Å². The fraction of sp³-hybridized carbons (Fsp3) is 0.471. The van der Waals surface area contributed by atoms with E-state index in [0.29, 0.717) is 0 Å². The molecule has 0 fully saturated rings. The summed E-state index contributed by atoms with van der Waals surface area (Å²) >= 11 is 0. The van der Waals surface area contributed by atoms with Gasteiger partial charge in [0.1, 0.15) is 5.82 Å². The molecule has 1 heterocycles. The van der Waals surface area contributed by atoms with Gasteiger partial charge in [-0.2, -0.15) is 0 Å². The molecule has 0 radical (unpaired) electrons. The quantitative estimate of drug-likeness (QED) is 0.873. The van der Waals surface area contributed by atoms with Gasteiger partial charge in [-0.05, 0) is 49.9 Å². The number of aryl methyl sites for hydroxylation is 3. The monoisotopic (exact) mass is 271 g/mol. The summed E-state index contributed by atoms with van der Waals surface area (Å²) in [6.45, 7) is 7.54. The lowest BCUT2D eigenvalue weighted by atomic mass is 10.0. The van der Waals surface area contributed by atoms with Gasteiger partial charge in [-0.1, -0.05) is 25.1 Å². The van der Waals surface area contributed by atoms with E-state index >= 15 is 0 Å². The van der Waals surface area contributed by atoms with Gasteiger partial charge in [0.2, 0.25) is 0 Å². The minimum atomic E-state index is 0.275. The molecule has 20 heavy (non-hydrogen) atoms. The van der Waals surface area contributed by atoms with Crippen LogP contribution >= 0.6 is 0 Å². The van der Waals surface area contributed by atoms with Crippen LogP contribution in [0.4, 0.5) is 0 Å². The summed E-state index contributed by atoms with van der Waals surface area (Å²) in [4.78, 5) is 4.51. The van der Waals surface area contributed by atoms with Crippen LogP contribution in [-0.4, -0.2) is 16.1 Å². The van der Waals surface area contributed by atoms with Gasteiger partial charge in [0.05, 0.1) is 6.04 Å². The summed E-state index contributed by atoms with van der Waals surface area (Å²) in [7, 11) is 2.06. The zero-order valence-corrected chi connectivity index (χ0v) is 13.0. The van der Waals surface area contributed by atoms with Gasteiger partial charge in [-0.3, -0.25) is 0 Å². The molecule has 1 atom stereocenters. The number of rotatable bonds is 6. The van der Waals surface area contributed by atoms with Crippen molar-refractivity contribution in [1.82, 2.24) is 14.9 Å². The first kappa shape index (κ1) is 14.8. The Morgan fingerprint density at radius 3 is 2.65 bits per heavy atom. The molecule has 3 heteroatoms. The first-order chi connectivity index (χ1) is 9.61. The van der Waals surface area contributed by atoms with Crippen LogP contribution in [0.15, 0.2) is 30.6 Å². The Bertz CT molecular complexity index is 557. The lowest BCUT2D eigenvalue weighted by Crippen LogP contribution is -2.26. The van der Waals surface area contributed by atoms with Gasteiger partial charge in [-0.15, -0.1) is 0 Å². The molecule has 0 bridgehead atoms. The zero-order chi connectivity index (χ0) is 14.5. The van der Waals surface area contributed by atoms with Crippen molar-refractivity contribution in [3.63, 3.8) is 0 Å². The summed E-state index contributed by atoms with van der Waals surface area (Å²) in [5.74, 6) is 1.11. The first-order valence-corrected chi connectivity index (χ1v) is 7.38. The average Bonchev–Trinajstić information content (AvgIpc) is 2.85. The van der Waals surface area contributed by atoms with Crippen molar-refractivity contribution < 1.29 is 0 Å². The Balaban J connectivity index is 2.19. The van der Waals surface area contributed by atoms with E-state index in [1.165, 1.54) is 16.7 Å². The van der Waals surface area contributed by atoms with Crippen LogP contribution < -0.4 is 5.32 Å². The molecule has 0 aliphatic rings. The molecule has 1 aromatic carbocycles. The molecular formula is C17H25N3. The van der Waals surface area contributed by atoms with Crippen molar-refractivity contribution in [1.29, 1.82) is 0 Å². The Morgan fingerprint density at radius 2 is 2.05 bits per heavy atom. The van der Waals surface area contributed by atoms with Crippen LogP contribution in [-0.2, 0) is 13.5 Å². The minimum absolute atomic E-state index is 0.275. The number of nitrogens with one attached hydrogen (secondary N) is 1. The van der Waals surface area contributed by atoms with E-state index in [4.69, 9.17) is 0 Å². The summed E-state index contributed by atoms with van der Waals surface area (Å²) in [5, 5.41) is 3.61. The smallest absolute Gasteiger partial charge is 0.125 e. The van der Waals surface area contributed by atoms with Crippen LogP contribution in [0.3, 0.4) is 0 Å². The predicted molar refractivity (Wildman–Crippen MR) is 83.9 cm³/mol. The maximum Gasteiger partial charge on any atom is 0.125 e. The number of aromatic nitrogens is 2. The second-order valence-electron chi connectivity index (χ2n) is 5.53. The van der Waals surface area contributed by atoms with Gasteiger partial charge in [0, 0.05) is 19.4 Å². The van der Waals surface area contributed by atoms with Crippen LogP contribution in [0.2, 0.25) is 0 Å². The van der Waals surface area contributed by atoms with E-state index < -0.39 is 0 Å². The molecule has 0 amide bonds. The van der Waals surface area contributed by atoms with Crippen LogP contribution in [0, 0.1) is 13.8 Å². The molecule has 0 aliphatic heterocycles. The van der Waals surface area contributed by atoms with E-state index in [9.17, 15) is 0 Å². The fourth-order valence-electron chi connectivity index (χ4n) is 2.45. The maximum atomic E-state index is 4.51. The van der Waals surface area contributed by atoms with Crippen molar-refractivity contribution in [2.45, 2.75) is 39.7 Å². The fourth-order valence-corrected chi connectivity index (χ4v) is 2.45. The van der Waals surface area contributed by atoms with Crippen molar-refractivity contribution >= 4 is 0 Å². The van der Waals surface area contributed by atoms with Crippen molar-refractivity contribution in [3.8, 4) is 0 Å². The van der Waals surface area contributed by atoms with Crippen LogP contribution in [0.5, 0.6) is 0 Å². The third kappa shape index (κ3) is 3.48. The van der Waals surface area contributed by atoms with Crippen molar-refractivity contribution in [2.75, 3.05) is 6.54 Å². The van der Waals surface area contributed by atoms with Crippen molar-refractivity contribution in [2.24, 2.45) is 7.05 Å². The molecular weight excluding hydrogens is 246 g/mol. The second-order valence-corrected chi connectivity index (χ2v) is 5.53. The molecule has 3 nitrogen and oxygen atoms in total. The number of imidazole rings is 1. The first-order valence-electron chi connectivity index (χ1n) is 7.38. The molecule has 108 valence electrons. The highest BCUT2D eigenvalue weighted by Crippen LogP contribution is 2.19. The van der Waals surface area contributed by atoms with E-state index in [1.54, 1.807) is 0 Å². The van der Waals surface area contributed by atoms with Crippen LogP contribution in [0.1, 0.15) is 41.9 Å². The van der Waals surface area contributed by atoms with E-state index in [-0.39, 0.29) is 6.04 Å². The third-order valence-electron chi connectivity index (χ3n) is 3.82. The Morgan fingerprint density at radius 1 is 1.25 bits per heavy atom. The van der Waals surface area contributed by atoms with Gasteiger partial charge in [0.25, 0.3) is 0 Å². The molecule has 2 aromatic rings. The lowest BCUT2D eigenvalue weighted by Gasteiger charge is -2.19. The molecule has 1 unspecified atom stereocenters. The maximum absolute atomic E-state index is 4.51. The number of benzene rings is 1. The number of hydrogen-bond acceptors (Lipinski definition) is 2. The Kier molecular flexibility index (Phi) is 4.96. The highest BCUT2D eigenvalue weighted by molar-refractivity contribution is 5.30. The van der Waals surface area contributed by atoms with E-state index in [0.717, 1.165) is 25.2 Å². The number of hydrogen-bond donors (Lipinski definition) is 1. The highest BCUT2D eigenvalue weighted by Gasteiger charge is 2.15. The summed E-state index contributed by atoms with van der Waals surface area (Å²) < 4.78 is 2.11. The SMILES string of the molecule is CCCNC(Cc1ccc(C)c(C)c1)c1nccn1C. The average molecular weight is 271 g/mol. The third-order valence-corrected chi connectivity index (χ3v) is 3.82. The standard InChI is InChI=1S/C17H25N3/c1-5-8-18-16(17-19-9-10-20(17)4)12-15-7-6-13(2)14(3)11-15/h6-7,9-11,16,18H,5,8,12H2,1-4H3. The largest absolute Gasteiger partial charge is 0.337 e. The minimum Gasteiger partial charge on any atom is -0.337 e. The molecule has 2 rings (SSSR count). The summed E-state index contributed by atoms with van der Waals surface area (Å²) in [6.07, 6.45) is 5.99. The Hall–Kier alpha value is -1.61. The van der Waals surface area contributed by atoms with E-state index in [1.807, 2.05) is 12.4 Å². The van der Waals surface area contributed by atoms with Crippen molar-refractivity contribution in [3.05, 3.63) is 53.1 Å². The number of nitrogens with zero attached hydrogens (tertiary/aromatic N) is 2. The molecule has 0 spiro atoms. The normalized spacial score (nSPS) is 12.6. The Labute approximate surface area is 122 Å². The van der Waals surface area contributed by atoms with Gasteiger partial charge in [0.15, 0.2) is 0 Å². The molecule has 1 N–H and O–H groups in total. The molecule has 0 saturated heterocycles. The highest BCUT2D eigenvalue weighted by atomic mass is 15.1. The second kappa shape index (κ2) is 6.71. The summed E-state index contributed by atoms with van der Waals surface area (Å²) in [6, 6.07) is 7.00. The molecule has 1 aromatic heterocycles. The lowest BCUT2D eigenvalue weighted by molar-refractivity contribution is 0.491. The zero-order valence-electron chi connectivity index (χ0n) is 13.0. The van der Waals surface area contributed by atoms with Crippen LogP contribution in [0.25, 0.3) is 0 Å². The van der Waals surface area contributed by atoms with E-state index in [2.05, 4.69) is 60.9 Å². The van der Waals surface area contributed by atoms with Gasteiger partial charge < -0.3 is 9.88 Å². The van der Waals surface area contributed by atoms with Gasteiger partial charge in [-0.25, -0.2) is 4.98 Å². The molecule has 0 saturated carbocycles. The topological polar surface area (TPSA) is 29.9 Å².